The summed E-state index contributed by atoms with van der Waals surface area (Å²) < 4.78 is 1.12. The largest absolute Gasteiger partial charge is 0.294 e. The number of Topliss-reactive ketones (excluding diaryl/α,β-unsaturated/α-hetero) is 1. The van der Waals surface area contributed by atoms with Crippen molar-refractivity contribution in [3.8, 4) is 6.07 Å². The third-order valence-electron chi connectivity index (χ3n) is 4.18. The molecule has 3 nitrogen and oxygen atoms in total. The molecular weight excluding hydrogens is 375 g/mol. The summed E-state index contributed by atoms with van der Waals surface area (Å²) in [6.45, 7) is 1.90. The molecule has 1 heterocycles. The van der Waals surface area contributed by atoms with Gasteiger partial charge < -0.3 is 0 Å². The lowest BCUT2D eigenvalue weighted by molar-refractivity contribution is -0.116. The number of benzene rings is 1. The number of hydrogen-bond acceptors (Lipinski definition) is 3. The van der Waals surface area contributed by atoms with Crippen LogP contribution in [0.5, 0.6) is 0 Å². The van der Waals surface area contributed by atoms with Crippen LogP contribution in [0.3, 0.4) is 0 Å². The lowest BCUT2D eigenvalue weighted by Crippen LogP contribution is -2.30. The van der Waals surface area contributed by atoms with E-state index < -0.39 is 0 Å². The van der Waals surface area contributed by atoms with Gasteiger partial charge >= 0.3 is 0 Å². The fourth-order valence-electron chi connectivity index (χ4n) is 3.23. The molecule has 4 heteroatoms. The average Bonchev–Trinajstić information content (AvgIpc) is 2.46. The van der Waals surface area contributed by atoms with Crippen molar-refractivity contribution in [3.63, 3.8) is 0 Å². The number of rotatable bonds is 1. The van der Waals surface area contributed by atoms with Crippen LogP contribution in [0.25, 0.3) is 0 Å². The Morgan fingerprint density at radius 3 is 2.90 bits per heavy atom. The third kappa shape index (κ3) is 2.55. The van der Waals surface area contributed by atoms with E-state index in [0.717, 1.165) is 39.0 Å². The van der Waals surface area contributed by atoms with Crippen LogP contribution in [0.1, 0.15) is 37.7 Å². The van der Waals surface area contributed by atoms with Gasteiger partial charge in [0.2, 0.25) is 0 Å². The van der Waals surface area contributed by atoms with Crippen molar-refractivity contribution in [2.75, 3.05) is 0 Å². The maximum Gasteiger partial charge on any atom is 0.161 e. The maximum absolute atomic E-state index is 12.4. The molecule has 1 aromatic carbocycles. The number of carbonyl (C=O) groups is 1. The number of nitriles is 1. The molecule has 0 saturated heterocycles. The van der Waals surface area contributed by atoms with Crippen molar-refractivity contribution in [1.29, 1.82) is 5.26 Å². The van der Waals surface area contributed by atoms with E-state index in [2.05, 4.69) is 39.7 Å². The molecule has 3 rings (SSSR count). The van der Waals surface area contributed by atoms with Crippen LogP contribution in [0.2, 0.25) is 0 Å². The second kappa shape index (κ2) is 5.72. The summed E-state index contributed by atoms with van der Waals surface area (Å²) in [5.74, 6) is -0.342. The number of halogens is 1. The molecule has 0 aromatic heterocycles. The minimum Gasteiger partial charge on any atom is -0.294 e. The average molecular weight is 390 g/mol. The van der Waals surface area contributed by atoms with Gasteiger partial charge in [0.25, 0.3) is 0 Å². The number of nitrogens with zero attached hydrogens (tertiary/aromatic N) is 2. The molecule has 1 aliphatic carbocycles. The Kier molecular flexibility index (Phi) is 3.94. The second-order valence-corrected chi connectivity index (χ2v) is 6.78. The van der Waals surface area contributed by atoms with E-state index in [0.29, 0.717) is 6.42 Å². The van der Waals surface area contributed by atoms with Gasteiger partial charge in [-0.3, -0.25) is 9.79 Å². The van der Waals surface area contributed by atoms with Crippen molar-refractivity contribution < 1.29 is 4.79 Å². The molecule has 0 N–H and O–H groups in total. The molecule has 0 saturated carbocycles. The van der Waals surface area contributed by atoms with E-state index in [4.69, 9.17) is 0 Å². The van der Waals surface area contributed by atoms with Crippen LogP contribution in [0.4, 0.5) is 0 Å². The van der Waals surface area contributed by atoms with Crippen LogP contribution in [0.15, 0.2) is 40.5 Å². The number of carbonyl (C=O) groups excluding carboxylic acids is 1. The number of hydrogen-bond donors (Lipinski definition) is 0. The molecular formula is C17H15IN2O. The zero-order valence-electron chi connectivity index (χ0n) is 11.8. The molecule has 2 atom stereocenters. The Hall–Kier alpha value is -1.48. The van der Waals surface area contributed by atoms with Gasteiger partial charge in [-0.15, -0.1) is 0 Å². The van der Waals surface area contributed by atoms with Gasteiger partial charge in [-0.1, -0.05) is 12.1 Å². The Bertz CT molecular complexity index is 712. The summed E-state index contributed by atoms with van der Waals surface area (Å²) >= 11 is 2.26. The van der Waals surface area contributed by atoms with Crippen LogP contribution in [-0.2, 0) is 4.79 Å². The summed E-state index contributed by atoms with van der Waals surface area (Å²) in [4.78, 5) is 17.0. The summed E-state index contributed by atoms with van der Waals surface area (Å²) in [5, 5.41) is 9.57. The molecule has 1 aromatic rings. The molecule has 21 heavy (non-hydrogen) atoms. The van der Waals surface area contributed by atoms with Gasteiger partial charge in [-0.05, 0) is 60.1 Å². The normalized spacial score (nSPS) is 25.2. The molecule has 0 spiro atoms. The first-order valence-electron chi connectivity index (χ1n) is 7.08. The molecule has 2 aliphatic rings. The van der Waals surface area contributed by atoms with Gasteiger partial charge in [0.15, 0.2) is 5.78 Å². The van der Waals surface area contributed by atoms with Gasteiger partial charge in [0.05, 0.1) is 12.0 Å². The van der Waals surface area contributed by atoms with E-state index >= 15 is 0 Å². The highest BCUT2D eigenvalue weighted by molar-refractivity contribution is 14.1. The number of aliphatic imine (C=N–C) groups is 1. The Morgan fingerprint density at radius 1 is 1.38 bits per heavy atom. The summed E-state index contributed by atoms with van der Waals surface area (Å²) in [7, 11) is 0. The predicted octanol–water partition coefficient (Wildman–Crippen LogP) is 4.00. The Labute approximate surface area is 137 Å². The lowest BCUT2D eigenvalue weighted by Gasteiger charge is -2.32. The fourth-order valence-corrected chi connectivity index (χ4v) is 3.80. The SMILES string of the molecule is CC1=NC2=C(C(=O)CCC2)[C@H](c2cccc(I)c2)C1C#N. The summed E-state index contributed by atoms with van der Waals surface area (Å²) in [5.41, 5.74) is 3.56. The standard InChI is InChI=1S/C17H15IN2O/c1-10-13(9-19)16(11-4-2-5-12(18)8-11)17-14(20-10)6-3-7-15(17)21/h2,4-5,8,13,16H,3,6-7H2,1H3/t13?,16-/m1/s1. The molecule has 1 unspecified atom stereocenters. The van der Waals surface area contributed by atoms with Crippen molar-refractivity contribution in [3.05, 3.63) is 44.7 Å². The van der Waals surface area contributed by atoms with Crippen LogP contribution in [0, 0.1) is 20.8 Å². The zero-order chi connectivity index (χ0) is 15.0. The van der Waals surface area contributed by atoms with Crippen LogP contribution in [-0.4, -0.2) is 11.5 Å². The summed E-state index contributed by atoms with van der Waals surface area (Å²) in [6, 6.07) is 10.4. The van der Waals surface area contributed by atoms with E-state index in [-0.39, 0.29) is 17.6 Å². The van der Waals surface area contributed by atoms with E-state index in [1.165, 1.54) is 0 Å². The minimum atomic E-state index is -0.344. The minimum absolute atomic E-state index is 0.162. The van der Waals surface area contributed by atoms with Crippen molar-refractivity contribution in [2.45, 2.75) is 32.1 Å². The third-order valence-corrected chi connectivity index (χ3v) is 4.85. The summed E-state index contributed by atoms with van der Waals surface area (Å²) in [6.07, 6.45) is 2.29. The molecule has 0 amide bonds. The Balaban J connectivity index is 2.19. The molecule has 106 valence electrons. The highest BCUT2D eigenvalue weighted by atomic mass is 127. The zero-order valence-corrected chi connectivity index (χ0v) is 13.9. The van der Waals surface area contributed by atoms with Gasteiger partial charge in [-0.25, -0.2) is 0 Å². The number of ketones is 1. The first-order valence-corrected chi connectivity index (χ1v) is 8.16. The fraction of sp³-hybridized carbons (Fsp3) is 0.353. The van der Waals surface area contributed by atoms with Gasteiger partial charge in [0.1, 0.15) is 0 Å². The predicted molar refractivity (Wildman–Crippen MR) is 90.0 cm³/mol. The van der Waals surface area contributed by atoms with Crippen LogP contribution < -0.4 is 0 Å². The van der Waals surface area contributed by atoms with Gasteiger partial charge in [0, 0.05) is 32.9 Å². The maximum atomic E-state index is 12.4. The van der Waals surface area contributed by atoms with Crippen molar-refractivity contribution in [1.82, 2.24) is 0 Å². The van der Waals surface area contributed by atoms with Crippen molar-refractivity contribution in [2.24, 2.45) is 10.9 Å². The van der Waals surface area contributed by atoms with E-state index in [9.17, 15) is 10.1 Å². The first kappa shape index (κ1) is 14.5. The van der Waals surface area contributed by atoms with E-state index in [1.807, 2.05) is 25.1 Å². The smallest absolute Gasteiger partial charge is 0.161 e. The van der Waals surface area contributed by atoms with Crippen molar-refractivity contribution >= 4 is 34.1 Å². The quantitative estimate of drug-likeness (QED) is 0.681. The second-order valence-electron chi connectivity index (χ2n) is 5.53. The number of allylic oxidation sites excluding steroid dienone is 2. The van der Waals surface area contributed by atoms with Crippen LogP contribution >= 0.6 is 22.6 Å². The molecule has 0 radical (unpaired) electrons. The molecule has 1 aliphatic heterocycles. The highest BCUT2D eigenvalue weighted by Crippen LogP contribution is 2.42. The monoisotopic (exact) mass is 390 g/mol. The molecule has 0 bridgehead atoms. The first-order chi connectivity index (χ1) is 10.1. The van der Waals surface area contributed by atoms with E-state index in [1.54, 1.807) is 0 Å². The highest BCUT2D eigenvalue weighted by Gasteiger charge is 2.38. The topological polar surface area (TPSA) is 53.2 Å². The van der Waals surface area contributed by atoms with Gasteiger partial charge in [-0.2, -0.15) is 5.26 Å². The Morgan fingerprint density at radius 2 is 2.19 bits per heavy atom. The lowest BCUT2D eigenvalue weighted by atomic mass is 9.72. The molecule has 0 fully saturated rings.